The van der Waals surface area contributed by atoms with Gasteiger partial charge in [-0.3, -0.25) is 28.2 Å². The van der Waals surface area contributed by atoms with E-state index in [0.29, 0.717) is 43.9 Å². The van der Waals surface area contributed by atoms with Crippen molar-refractivity contribution in [2.45, 2.75) is 537 Å². The number of aliphatic hydroxyl groups is 9. The zero-order valence-corrected chi connectivity index (χ0v) is 76.9. The molecule has 0 amide bonds. The van der Waals surface area contributed by atoms with Crippen molar-refractivity contribution in [3.05, 3.63) is 0 Å². The summed E-state index contributed by atoms with van der Waals surface area (Å²) in [5, 5.41) is 103. The van der Waals surface area contributed by atoms with E-state index in [2.05, 4.69) is 41.5 Å². The van der Waals surface area contributed by atoms with Crippen LogP contribution in [0.3, 0.4) is 0 Å². The molecule has 2 heterocycles. The zero-order chi connectivity index (χ0) is 87.8. The standard InChI is InChI=1S/C94H177O25P/c1-7-11-15-19-23-25-27-29-30-31-33-35-37-39-50-58-66-79(98)113-74(69-110-77(96)64-56-49-42-40-46-54-62-72(5)60-52-44-21-17-13-9-3)70-112-120(108,109)119-92-90(117-93-87(106)83(102)81(100)75(68-95)114-93)86(105)85(104)89(116-80(99)67-59-51-43-41-47-55-63-73(6)61-53-45-22-18-14-10-4)91(92)118-94-88(107)84(103)82(101)76(115-94)71-111-78(97)65-57-48-38-36-34-32-28-26-24-20-16-12-8-2/h72-76,81-95,100-107H,7-71H2,1-6H3,(H,108,109). The molecule has 1 saturated carbocycles. The van der Waals surface area contributed by atoms with Gasteiger partial charge in [0.25, 0.3) is 0 Å². The molecule has 120 heavy (non-hydrogen) atoms. The molecule has 0 spiro atoms. The smallest absolute Gasteiger partial charge is 0.463 e. The van der Waals surface area contributed by atoms with Crippen molar-refractivity contribution in [1.29, 1.82) is 0 Å². The minimum absolute atomic E-state index is 0.0188. The second-order valence-corrected chi connectivity index (χ2v) is 37.3. The summed E-state index contributed by atoms with van der Waals surface area (Å²) in [6, 6.07) is 0. The van der Waals surface area contributed by atoms with Crippen molar-refractivity contribution >= 4 is 31.7 Å². The van der Waals surface area contributed by atoms with Gasteiger partial charge in [-0.2, -0.15) is 0 Å². The Kier molecular flexibility index (Phi) is 66.4. The van der Waals surface area contributed by atoms with Crippen molar-refractivity contribution in [2.24, 2.45) is 11.8 Å². The molecule has 0 bridgehead atoms. The average molecular weight is 1740 g/mol. The van der Waals surface area contributed by atoms with Crippen molar-refractivity contribution in [2.75, 3.05) is 26.4 Å². The number of hydrogen-bond acceptors (Lipinski definition) is 24. The SMILES string of the molecule is CCCCCCCCCCCCCCCCCCC(=O)OC(COC(=O)CCCCCCCCC(C)CCCCCCCC)COP(=O)(O)OC1C(OC2OC(CO)C(O)C(O)C2O)C(O)C(O)C(OC(=O)CCCCCCCCC(C)CCCCCCCC)C1OC1OC(COC(=O)CCCCCCCCCCCCCCC)C(O)C(O)C1O. The minimum Gasteiger partial charge on any atom is -0.463 e. The Balaban J connectivity index is 1.92. The Labute approximate surface area is 725 Å². The molecule has 20 unspecified atom stereocenters. The van der Waals surface area contributed by atoms with Gasteiger partial charge in [0.05, 0.1) is 13.2 Å². The van der Waals surface area contributed by atoms with Gasteiger partial charge >= 0.3 is 31.7 Å². The lowest BCUT2D eigenvalue weighted by molar-refractivity contribution is -0.360. The molecular weight excluding hydrogens is 1560 g/mol. The quantitative estimate of drug-likeness (QED) is 0.0117. The van der Waals surface area contributed by atoms with Crippen LogP contribution in [0.25, 0.3) is 0 Å². The van der Waals surface area contributed by atoms with Crippen molar-refractivity contribution in [3.8, 4) is 0 Å². The molecule has 10 N–H and O–H groups in total. The van der Waals surface area contributed by atoms with E-state index in [9.17, 15) is 74.6 Å². The monoisotopic (exact) mass is 1740 g/mol. The van der Waals surface area contributed by atoms with Crippen LogP contribution < -0.4 is 0 Å². The number of aliphatic hydroxyl groups excluding tert-OH is 9. The first-order valence-electron chi connectivity index (χ1n) is 49.1. The van der Waals surface area contributed by atoms with Crippen molar-refractivity contribution < 1.29 is 122 Å². The summed E-state index contributed by atoms with van der Waals surface area (Å²) in [6.07, 6.45) is 26.6. The molecule has 3 aliphatic rings. The number of rotatable bonds is 79. The van der Waals surface area contributed by atoms with E-state index in [0.717, 1.165) is 128 Å². The lowest BCUT2D eigenvalue weighted by Crippen LogP contribution is -2.70. The summed E-state index contributed by atoms with van der Waals surface area (Å²) in [5.41, 5.74) is 0. The molecule has 20 atom stereocenters. The van der Waals surface area contributed by atoms with Crippen LogP contribution in [0, 0.1) is 11.8 Å². The predicted octanol–water partition coefficient (Wildman–Crippen LogP) is 18.7. The largest absolute Gasteiger partial charge is 0.472 e. The normalized spacial score (nSPS) is 25.2. The topological polar surface area (TPSA) is 380 Å². The fourth-order valence-corrected chi connectivity index (χ4v) is 17.7. The van der Waals surface area contributed by atoms with Gasteiger partial charge in [0.2, 0.25) is 0 Å². The fraction of sp³-hybridized carbons (Fsp3) is 0.957. The van der Waals surface area contributed by atoms with Gasteiger partial charge in [-0.15, -0.1) is 0 Å². The van der Waals surface area contributed by atoms with Crippen LogP contribution in [0.4, 0.5) is 0 Å². The van der Waals surface area contributed by atoms with E-state index in [-0.39, 0.29) is 25.7 Å². The van der Waals surface area contributed by atoms with Gasteiger partial charge < -0.3 is 88.7 Å². The van der Waals surface area contributed by atoms with Crippen LogP contribution in [0.15, 0.2) is 0 Å². The predicted molar refractivity (Wildman–Crippen MR) is 467 cm³/mol. The molecule has 0 aromatic heterocycles. The third-order valence-electron chi connectivity index (χ3n) is 24.7. The van der Waals surface area contributed by atoms with Crippen LogP contribution in [0.5, 0.6) is 0 Å². The summed E-state index contributed by atoms with van der Waals surface area (Å²) in [5.74, 6) is -1.63. The first kappa shape index (κ1) is 112. The number of carbonyl (C=O) groups excluding carboxylic acids is 4. The molecule has 25 nitrogen and oxygen atoms in total. The summed E-state index contributed by atoms with van der Waals surface area (Å²) < 4.78 is 73.7. The van der Waals surface area contributed by atoms with Gasteiger partial charge in [-0.1, -0.05) is 382 Å². The number of esters is 4. The highest BCUT2D eigenvalue weighted by atomic mass is 31.2. The fourth-order valence-electron chi connectivity index (χ4n) is 16.7. The lowest BCUT2D eigenvalue weighted by atomic mass is 9.84. The molecule has 3 rings (SSSR count). The van der Waals surface area contributed by atoms with Crippen LogP contribution in [0.2, 0.25) is 0 Å². The number of ether oxygens (including phenoxy) is 8. The van der Waals surface area contributed by atoms with E-state index in [1.54, 1.807) is 0 Å². The number of unbranched alkanes of at least 4 members (excludes halogenated alkanes) is 47. The third-order valence-corrected chi connectivity index (χ3v) is 25.6. The second-order valence-electron chi connectivity index (χ2n) is 35.9. The molecule has 2 aliphatic heterocycles. The second kappa shape index (κ2) is 71.4. The zero-order valence-electron chi connectivity index (χ0n) is 76.0. The molecule has 0 aromatic carbocycles. The van der Waals surface area contributed by atoms with Crippen molar-refractivity contribution in [3.63, 3.8) is 0 Å². The number of phosphoric acid groups is 1. The van der Waals surface area contributed by atoms with Gasteiger partial charge in [-0.25, -0.2) is 4.57 Å². The van der Waals surface area contributed by atoms with Crippen LogP contribution in [-0.2, 0) is 70.7 Å². The molecule has 708 valence electrons. The number of carbonyl (C=O) groups is 4. The Morgan fingerprint density at radius 1 is 0.325 bits per heavy atom. The van der Waals surface area contributed by atoms with E-state index in [1.165, 1.54) is 205 Å². The molecule has 26 heteroatoms. The van der Waals surface area contributed by atoms with Crippen LogP contribution in [-0.4, -0.2) is 205 Å². The first-order valence-corrected chi connectivity index (χ1v) is 50.5. The van der Waals surface area contributed by atoms with E-state index < -0.39 is 162 Å². The highest BCUT2D eigenvalue weighted by molar-refractivity contribution is 7.47. The Morgan fingerprint density at radius 3 is 0.992 bits per heavy atom. The molecule has 3 fully saturated rings. The molecule has 1 aliphatic carbocycles. The van der Waals surface area contributed by atoms with Gasteiger partial charge in [0.1, 0.15) is 92.6 Å². The maximum absolute atomic E-state index is 14.9. The number of hydrogen-bond donors (Lipinski definition) is 10. The Hall–Kier alpha value is -2.53. The lowest BCUT2D eigenvalue weighted by Gasteiger charge is -2.50. The van der Waals surface area contributed by atoms with Gasteiger partial charge in [-0.05, 0) is 37.5 Å². The van der Waals surface area contributed by atoms with E-state index >= 15 is 0 Å². The summed E-state index contributed by atoms with van der Waals surface area (Å²) in [7, 11) is -5.81. The maximum atomic E-state index is 14.9. The van der Waals surface area contributed by atoms with Gasteiger partial charge in [0, 0.05) is 25.7 Å². The highest BCUT2D eigenvalue weighted by Crippen LogP contribution is 2.49. The summed E-state index contributed by atoms with van der Waals surface area (Å²) >= 11 is 0. The average Bonchev–Trinajstić information content (AvgIpc) is 0.752. The van der Waals surface area contributed by atoms with Crippen molar-refractivity contribution in [1.82, 2.24) is 0 Å². The highest BCUT2D eigenvalue weighted by Gasteiger charge is 2.60. The molecule has 0 radical (unpaired) electrons. The van der Waals surface area contributed by atoms with E-state index in [4.69, 9.17) is 46.9 Å². The minimum atomic E-state index is -5.81. The molecule has 2 saturated heterocycles. The van der Waals surface area contributed by atoms with Gasteiger partial charge in [0.15, 0.2) is 24.8 Å². The third kappa shape index (κ3) is 51.5. The summed E-state index contributed by atoms with van der Waals surface area (Å²) in [6.45, 7) is 10.3. The number of phosphoric ester groups is 1. The molecular formula is C94H177O25P. The van der Waals surface area contributed by atoms with Crippen LogP contribution in [0.1, 0.15) is 433 Å². The Bertz CT molecular complexity index is 2520. The first-order chi connectivity index (χ1) is 58.0. The van der Waals surface area contributed by atoms with Crippen LogP contribution >= 0.6 is 7.82 Å². The molecule has 0 aromatic rings. The van der Waals surface area contributed by atoms with E-state index in [1.807, 2.05) is 0 Å². The maximum Gasteiger partial charge on any atom is 0.472 e. The summed E-state index contributed by atoms with van der Waals surface area (Å²) in [4.78, 5) is 66.7. The Morgan fingerprint density at radius 2 is 0.625 bits per heavy atom.